The minimum absolute atomic E-state index is 0.0262. The fourth-order valence-electron chi connectivity index (χ4n) is 1.92. The number of halogens is 1. The highest BCUT2D eigenvalue weighted by Gasteiger charge is 2.33. The number of hydrogen-bond donors (Lipinski definition) is 1. The molecule has 0 amide bonds. The van der Waals surface area contributed by atoms with Gasteiger partial charge in [0.05, 0.1) is 3.79 Å². The number of nitrogens with zero attached hydrogens (tertiary/aromatic N) is 1. The molecule has 0 bridgehead atoms. The SMILES string of the molecule is CCCN(CC1CC1)S(=O)(=O)c1cc(C(=O)O)sc1Br. The third kappa shape index (κ3) is 3.41. The van der Waals surface area contributed by atoms with Gasteiger partial charge >= 0.3 is 5.97 Å². The van der Waals surface area contributed by atoms with Crippen LogP contribution >= 0.6 is 27.3 Å². The lowest BCUT2D eigenvalue weighted by Crippen LogP contribution is -2.33. The van der Waals surface area contributed by atoms with Crippen molar-refractivity contribution in [3.05, 3.63) is 14.7 Å². The smallest absolute Gasteiger partial charge is 0.345 e. The van der Waals surface area contributed by atoms with Crippen LogP contribution in [0.1, 0.15) is 35.9 Å². The Morgan fingerprint density at radius 3 is 2.65 bits per heavy atom. The number of carboxylic acid groups (broad SMARTS) is 1. The van der Waals surface area contributed by atoms with Crippen molar-refractivity contribution < 1.29 is 18.3 Å². The van der Waals surface area contributed by atoms with Gasteiger partial charge in [0, 0.05) is 13.1 Å². The molecule has 0 atom stereocenters. The zero-order valence-electron chi connectivity index (χ0n) is 11.0. The average molecular weight is 382 g/mol. The zero-order valence-corrected chi connectivity index (χ0v) is 14.2. The molecule has 1 saturated carbocycles. The molecule has 1 N–H and O–H groups in total. The summed E-state index contributed by atoms with van der Waals surface area (Å²) in [6.07, 6.45) is 2.88. The zero-order chi connectivity index (χ0) is 14.9. The van der Waals surface area contributed by atoms with E-state index >= 15 is 0 Å². The Balaban J connectivity index is 2.33. The van der Waals surface area contributed by atoms with Crippen LogP contribution in [0.25, 0.3) is 0 Å². The van der Waals surface area contributed by atoms with Crippen LogP contribution in [-0.2, 0) is 10.0 Å². The molecular weight excluding hydrogens is 366 g/mol. The second kappa shape index (κ2) is 6.13. The number of hydrogen-bond acceptors (Lipinski definition) is 4. The molecule has 0 radical (unpaired) electrons. The summed E-state index contributed by atoms with van der Waals surface area (Å²) in [6, 6.07) is 1.24. The van der Waals surface area contributed by atoms with E-state index in [1.54, 1.807) is 0 Å². The van der Waals surface area contributed by atoms with Gasteiger partial charge in [0.25, 0.3) is 0 Å². The third-order valence-corrected chi connectivity index (χ3v) is 7.22. The average Bonchev–Trinajstić information content (AvgIpc) is 3.08. The lowest BCUT2D eigenvalue weighted by molar-refractivity contribution is 0.0702. The lowest BCUT2D eigenvalue weighted by Gasteiger charge is -2.21. The maximum absolute atomic E-state index is 12.7. The number of sulfonamides is 1. The number of rotatable bonds is 7. The number of carboxylic acids is 1. The van der Waals surface area contributed by atoms with Gasteiger partial charge in [-0.25, -0.2) is 13.2 Å². The maximum Gasteiger partial charge on any atom is 0.345 e. The van der Waals surface area contributed by atoms with Crippen LogP contribution in [0.5, 0.6) is 0 Å². The first-order valence-electron chi connectivity index (χ1n) is 6.39. The molecule has 20 heavy (non-hydrogen) atoms. The van der Waals surface area contributed by atoms with Gasteiger partial charge in [-0.1, -0.05) is 6.92 Å². The van der Waals surface area contributed by atoms with E-state index in [0.29, 0.717) is 22.8 Å². The van der Waals surface area contributed by atoms with Crippen LogP contribution in [0.2, 0.25) is 0 Å². The molecule has 0 aliphatic heterocycles. The predicted octanol–water partition coefficient (Wildman–Crippen LogP) is 3.02. The summed E-state index contributed by atoms with van der Waals surface area (Å²) in [5.74, 6) is -0.658. The fraction of sp³-hybridized carbons (Fsp3) is 0.583. The molecule has 8 heteroatoms. The highest BCUT2D eigenvalue weighted by molar-refractivity contribution is 9.11. The molecule has 0 aromatic carbocycles. The van der Waals surface area contributed by atoms with Crippen molar-refractivity contribution in [2.45, 2.75) is 31.1 Å². The van der Waals surface area contributed by atoms with Crippen LogP contribution in [0, 0.1) is 5.92 Å². The second-order valence-corrected chi connectivity index (χ2v) is 9.14. The Morgan fingerprint density at radius 2 is 2.20 bits per heavy atom. The Kier molecular flexibility index (Phi) is 4.88. The van der Waals surface area contributed by atoms with Crippen molar-refractivity contribution in [3.63, 3.8) is 0 Å². The highest BCUT2D eigenvalue weighted by atomic mass is 79.9. The predicted molar refractivity (Wildman–Crippen MR) is 80.8 cm³/mol. The fourth-order valence-corrected chi connectivity index (χ4v) is 5.88. The summed E-state index contributed by atoms with van der Waals surface area (Å²) < 4.78 is 27.1. The van der Waals surface area contributed by atoms with Gasteiger partial charge < -0.3 is 5.11 Å². The standard InChI is InChI=1S/C12H16BrNO4S2/c1-2-5-14(7-8-3-4-8)20(17,18)10-6-9(12(15)16)19-11(10)13/h6,8H,2-5,7H2,1H3,(H,15,16). The summed E-state index contributed by atoms with van der Waals surface area (Å²) in [7, 11) is -3.63. The lowest BCUT2D eigenvalue weighted by atomic mass is 10.4. The monoisotopic (exact) mass is 381 g/mol. The van der Waals surface area contributed by atoms with Crippen LogP contribution in [-0.4, -0.2) is 36.9 Å². The summed E-state index contributed by atoms with van der Waals surface area (Å²) in [5, 5.41) is 8.97. The Labute approximate surface area is 130 Å². The molecule has 0 spiro atoms. The van der Waals surface area contributed by atoms with Crippen LogP contribution < -0.4 is 0 Å². The van der Waals surface area contributed by atoms with Gasteiger partial charge in [0.2, 0.25) is 10.0 Å². The van der Waals surface area contributed by atoms with Gasteiger partial charge in [-0.15, -0.1) is 11.3 Å². The Morgan fingerprint density at radius 1 is 1.55 bits per heavy atom. The largest absolute Gasteiger partial charge is 0.477 e. The van der Waals surface area contributed by atoms with Crippen LogP contribution in [0.4, 0.5) is 0 Å². The number of aromatic carboxylic acids is 1. The second-order valence-electron chi connectivity index (χ2n) is 4.86. The molecular formula is C12H16BrNO4S2. The quantitative estimate of drug-likeness (QED) is 0.787. The van der Waals surface area contributed by atoms with Gasteiger partial charge in [-0.3, -0.25) is 0 Å². The molecule has 5 nitrogen and oxygen atoms in total. The maximum atomic E-state index is 12.7. The van der Waals surface area contributed by atoms with E-state index in [9.17, 15) is 13.2 Å². The first kappa shape index (κ1) is 15.9. The van der Waals surface area contributed by atoms with Crippen LogP contribution in [0.15, 0.2) is 14.7 Å². The first-order chi connectivity index (χ1) is 9.36. The van der Waals surface area contributed by atoms with E-state index in [1.165, 1.54) is 10.4 Å². The van der Waals surface area contributed by atoms with E-state index in [1.807, 2.05) is 6.92 Å². The molecule has 1 aromatic rings. The van der Waals surface area contributed by atoms with Gasteiger partial charge in [-0.05, 0) is 47.2 Å². The number of carbonyl (C=O) groups is 1. The van der Waals surface area contributed by atoms with E-state index in [2.05, 4.69) is 15.9 Å². The van der Waals surface area contributed by atoms with E-state index in [0.717, 1.165) is 30.6 Å². The van der Waals surface area contributed by atoms with Gasteiger partial charge in [0.1, 0.15) is 9.77 Å². The molecule has 1 fully saturated rings. The highest BCUT2D eigenvalue weighted by Crippen LogP contribution is 2.36. The summed E-state index contributed by atoms with van der Waals surface area (Å²) in [4.78, 5) is 11.0. The molecule has 0 saturated heterocycles. The first-order valence-corrected chi connectivity index (χ1v) is 9.44. The minimum Gasteiger partial charge on any atom is -0.477 e. The van der Waals surface area contributed by atoms with Gasteiger partial charge in [0.15, 0.2) is 0 Å². The summed E-state index contributed by atoms with van der Waals surface area (Å²) in [5.41, 5.74) is 0. The van der Waals surface area contributed by atoms with Crippen molar-refractivity contribution >= 4 is 43.3 Å². The van der Waals surface area contributed by atoms with Crippen molar-refractivity contribution in [2.75, 3.05) is 13.1 Å². The Bertz CT molecular complexity index is 607. The van der Waals surface area contributed by atoms with E-state index in [4.69, 9.17) is 5.11 Å². The molecule has 112 valence electrons. The molecule has 2 rings (SSSR count). The van der Waals surface area contributed by atoms with Crippen molar-refractivity contribution in [1.82, 2.24) is 4.31 Å². The summed E-state index contributed by atoms with van der Waals surface area (Å²) in [6.45, 7) is 2.92. The number of thiophene rings is 1. The molecule has 1 aliphatic rings. The van der Waals surface area contributed by atoms with E-state index < -0.39 is 16.0 Å². The molecule has 1 aliphatic carbocycles. The molecule has 1 aromatic heterocycles. The van der Waals surface area contributed by atoms with Crippen molar-refractivity contribution in [2.24, 2.45) is 5.92 Å². The van der Waals surface area contributed by atoms with Gasteiger partial charge in [-0.2, -0.15) is 4.31 Å². The Hall–Kier alpha value is -0.440. The van der Waals surface area contributed by atoms with E-state index in [-0.39, 0.29) is 9.77 Å². The normalized spacial score (nSPS) is 15.8. The molecule has 0 unspecified atom stereocenters. The summed E-state index contributed by atoms with van der Waals surface area (Å²) >= 11 is 4.10. The van der Waals surface area contributed by atoms with Crippen LogP contribution in [0.3, 0.4) is 0 Å². The van der Waals surface area contributed by atoms with Crippen molar-refractivity contribution in [3.8, 4) is 0 Å². The topological polar surface area (TPSA) is 74.7 Å². The van der Waals surface area contributed by atoms with Crippen molar-refractivity contribution in [1.29, 1.82) is 0 Å². The third-order valence-electron chi connectivity index (χ3n) is 3.12. The molecule has 1 heterocycles. The minimum atomic E-state index is -3.63.